The molecule has 9 heteroatoms. The summed E-state index contributed by atoms with van der Waals surface area (Å²) >= 11 is 6.45. The predicted molar refractivity (Wildman–Crippen MR) is 125 cm³/mol. The molecule has 1 fully saturated rings. The molecule has 0 unspecified atom stereocenters. The second-order valence-corrected chi connectivity index (χ2v) is 8.63. The molecule has 0 bridgehead atoms. The molecule has 0 saturated carbocycles. The second-order valence-electron chi connectivity index (χ2n) is 6.96. The van der Waals surface area contributed by atoms with Gasteiger partial charge in [0.15, 0.2) is 5.76 Å². The van der Waals surface area contributed by atoms with Crippen molar-refractivity contribution in [1.29, 1.82) is 0 Å². The van der Waals surface area contributed by atoms with Crippen molar-refractivity contribution in [3.05, 3.63) is 82.7 Å². The van der Waals surface area contributed by atoms with Crippen molar-refractivity contribution >= 4 is 46.2 Å². The highest BCUT2D eigenvalue weighted by Gasteiger charge is 2.32. The molecule has 1 aliphatic rings. The van der Waals surface area contributed by atoms with Crippen LogP contribution < -0.4 is 5.32 Å². The third-order valence-electron chi connectivity index (χ3n) is 4.69. The van der Waals surface area contributed by atoms with Crippen LogP contribution in [-0.4, -0.2) is 32.7 Å². The van der Waals surface area contributed by atoms with Crippen molar-refractivity contribution in [2.45, 2.75) is 13.0 Å². The maximum Gasteiger partial charge on any atom is 0.266 e. The number of amides is 2. The number of nitrogens with one attached hydrogen (secondary N) is 1. The molecule has 0 aliphatic carbocycles. The molecule has 162 valence electrons. The molecule has 2 amide bonds. The monoisotopic (exact) mass is 467 g/mol. The Morgan fingerprint density at radius 2 is 1.94 bits per heavy atom. The highest BCUT2D eigenvalue weighted by molar-refractivity contribution is 8.26. The summed E-state index contributed by atoms with van der Waals surface area (Å²) in [5, 5.41) is 6.78. The average Bonchev–Trinajstić information content (AvgIpc) is 3.38. The van der Waals surface area contributed by atoms with Gasteiger partial charge in [0, 0.05) is 24.6 Å². The van der Waals surface area contributed by atoms with Crippen LogP contribution in [0.1, 0.15) is 17.7 Å². The molecule has 0 spiro atoms. The number of hydrogen-bond acceptors (Lipinski definition) is 6. The fraction of sp³-hybridized carbons (Fsp3) is 0.130. The van der Waals surface area contributed by atoms with Crippen molar-refractivity contribution in [1.82, 2.24) is 15.4 Å². The fourth-order valence-corrected chi connectivity index (χ4v) is 4.34. The van der Waals surface area contributed by atoms with Crippen LogP contribution in [0.25, 0.3) is 17.3 Å². The molecular weight excluding hydrogens is 449 g/mol. The van der Waals surface area contributed by atoms with Crippen LogP contribution >= 0.6 is 24.0 Å². The van der Waals surface area contributed by atoms with E-state index in [9.17, 15) is 14.0 Å². The Labute approximate surface area is 193 Å². The molecule has 0 radical (unpaired) electrons. The number of rotatable bonds is 7. The zero-order valence-corrected chi connectivity index (χ0v) is 18.4. The summed E-state index contributed by atoms with van der Waals surface area (Å²) in [5.41, 5.74) is 2.32. The van der Waals surface area contributed by atoms with Crippen LogP contribution in [0.2, 0.25) is 0 Å². The van der Waals surface area contributed by atoms with E-state index in [0.29, 0.717) is 26.2 Å². The molecule has 2 heterocycles. The average molecular weight is 468 g/mol. The predicted octanol–water partition coefficient (Wildman–Crippen LogP) is 4.39. The normalized spacial score (nSPS) is 14.9. The van der Waals surface area contributed by atoms with Crippen molar-refractivity contribution in [3.8, 4) is 11.3 Å². The van der Waals surface area contributed by atoms with E-state index in [1.54, 1.807) is 24.3 Å². The molecule has 3 aromatic rings. The number of aromatic nitrogens is 1. The van der Waals surface area contributed by atoms with E-state index in [-0.39, 0.29) is 37.1 Å². The highest BCUT2D eigenvalue weighted by atomic mass is 32.2. The van der Waals surface area contributed by atoms with E-state index in [2.05, 4.69) is 10.5 Å². The summed E-state index contributed by atoms with van der Waals surface area (Å²) in [6, 6.07) is 17.2. The Hall–Kier alpha value is -3.30. The quantitative estimate of drug-likeness (QED) is 0.410. The smallest absolute Gasteiger partial charge is 0.266 e. The fourth-order valence-electron chi connectivity index (χ4n) is 3.03. The van der Waals surface area contributed by atoms with Gasteiger partial charge in [-0.3, -0.25) is 14.5 Å². The first-order valence-corrected chi connectivity index (χ1v) is 11.0. The van der Waals surface area contributed by atoms with Gasteiger partial charge in [0.05, 0.1) is 11.4 Å². The SMILES string of the molecule is O=C(CCN1C(=O)/C(=C/c2ccc(F)cc2)SC1=S)NCc1cc(-c2ccccc2)no1. The summed E-state index contributed by atoms with van der Waals surface area (Å²) in [4.78, 5) is 26.7. The number of nitrogens with zero attached hydrogens (tertiary/aromatic N) is 2. The van der Waals surface area contributed by atoms with Crippen molar-refractivity contribution < 1.29 is 18.5 Å². The Morgan fingerprint density at radius 3 is 2.69 bits per heavy atom. The first-order valence-electron chi connectivity index (χ1n) is 9.78. The molecule has 1 aliphatic heterocycles. The lowest BCUT2D eigenvalue weighted by atomic mass is 10.1. The molecule has 1 saturated heterocycles. The van der Waals surface area contributed by atoms with E-state index in [0.717, 1.165) is 17.3 Å². The Balaban J connectivity index is 1.28. The standard InChI is InChI=1S/C23H18FN3O3S2/c24-17-8-6-15(7-9-17)12-20-22(29)27(23(31)32-20)11-10-21(28)25-14-18-13-19(26-30-18)16-4-2-1-3-5-16/h1-9,12-13H,10-11,14H2,(H,25,28)/b20-12-. The van der Waals surface area contributed by atoms with Crippen LogP contribution in [0.5, 0.6) is 0 Å². The minimum atomic E-state index is -0.345. The largest absolute Gasteiger partial charge is 0.359 e. The van der Waals surface area contributed by atoms with Crippen molar-refractivity contribution in [3.63, 3.8) is 0 Å². The van der Waals surface area contributed by atoms with Crippen LogP contribution in [0, 0.1) is 5.82 Å². The van der Waals surface area contributed by atoms with E-state index in [4.69, 9.17) is 16.7 Å². The minimum absolute atomic E-state index is 0.0932. The van der Waals surface area contributed by atoms with Gasteiger partial charge in [0.25, 0.3) is 5.91 Å². The van der Waals surface area contributed by atoms with E-state index >= 15 is 0 Å². The summed E-state index contributed by atoms with van der Waals surface area (Å²) < 4.78 is 18.7. The zero-order valence-electron chi connectivity index (χ0n) is 16.8. The van der Waals surface area contributed by atoms with Gasteiger partial charge < -0.3 is 9.84 Å². The van der Waals surface area contributed by atoms with Gasteiger partial charge in [-0.05, 0) is 23.8 Å². The van der Waals surface area contributed by atoms with Gasteiger partial charge in [-0.1, -0.05) is 71.6 Å². The first kappa shape index (κ1) is 21.9. The van der Waals surface area contributed by atoms with Gasteiger partial charge in [-0.2, -0.15) is 0 Å². The van der Waals surface area contributed by atoms with Crippen LogP contribution in [0.4, 0.5) is 4.39 Å². The molecule has 32 heavy (non-hydrogen) atoms. The molecule has 2 aromatic carbocycles. The van der Waals surface area contributed by atoms with Crippen LogP contribution in [-0.2, 0) is 16.1 Å². The molecule has 0 atom stereocenters. The van der Waals surface area contributed by atoms with Gasteiger partial charge >= 0.3 is 0 Å². The summed E-state index contributed by atoms with van der Waals surface area (Å²) in [6.07, 6.45) is 1.75. The van der Waals surface area contributed by atoms with Gasteiger partial charge in [-0.25, -0.2) is 4.39 Å². The summed E-state index contributed by atoms with van der Waals surface area (Å²) in [5.74, 6) is -0.313. The van der Waals surface area contributed by atoms with Crippen LogP contribution in [0.15, 0.2) is 70.1 Å². The number of carbonyl (C=O) groups is 2. The number of thiocarbonyl (C=S) groups is 1. The van der Waals surface area contributed by atoms with E-state index < -0.39 is 0 Å². The number of hydrogen-bond donors (Lipinski definition) is 1. The number of benzene rings is 2. The lowest BCUT2D eigenvalue weighted by molar-refractivity contribution is -0.124. The summed E-state index contributed by atoms with van der Waals surface area (Å²) in [6.45, 7) is 0.366. The van der Waals surface area contributed by atoms with Gasteiger partial charge in [0.2, 0.25) is 5.91 Å². The molecule has 1 aromatic heterocycles. The zero-order chi connectivity index (χ0) is 22.5. The molecular formula is C23H18FN3O3S2. The highest BCUT2D eigenvalue weighted by Crippen LogP contribution is 2.32. The number of thioether (sulfide) groups is 1. The topological polar surface area (TPSA) is 75.4 Å². The van der Waals surface area contributed by atoms with Gasteiger partial charge in [0.1, 0.15) is 15.8 Å². The van der Waals surface area contributed by atoms with E-state index in [1.807, 2.05) is 30.3 Å². The van der Waals surface area contributed by atoms with E-state index in [1.165, 1.54) is 17.0 Å². The third kappa shape index (κ3) is 5.30. The maximum atomic E-state index is 13.1. The minimum Gasteiger partial charge on any atom is -0.359 e. The number of carbonyl (C=O) groups excluding carboxylic acids is 2. The maximum absolute atomic E-state index is 13.1. The van der Waals surface area contributed by atoms with Crippen molar-refractivity contribution in [2.75, 3.05) is 6.54 Å². The second kappa shape index (κ2) is 9.88. The summed E-state index contributed by atoms with van der Waals surface area (Å²) in [7, 11) is 0. The first-order chi connectivity index (χ1) is 15.5. The Bertz CT molecular complexity index is 1180. The third-order valence-corrected chi connectivity index (χ3v) is 6.07. The van der Waals surface area contributed by atoms with Crippen molar-refractivity contribution in [2.24, 2.45) is 0 Å². The molecule has 6 nitrogen and oxygen atoms in total. The van der Waals surface area contributed by atoms with Crippen LogP contribution in [0.3, 0.4) is 0 Å². The Kier molecular flexibility index (Phi) is 6.77. The Morgan fingerprint density at radius 1 is 1.19 bits per heavy atom. The van der Waals surface area contributed by atoms with Gasteiger partial charge in [-0.15, -0.1) is 0 Å². The number of halogens is 1. The molecule has 1 N–H and O–H groups in total. The lowest BCUT2D eigenvalue weighted by Crippen LogP contribution is -2.33. The lowest BCUT2D eigenvalue weighted by Gasteiger charge is -2.13. The molecule has 4 rings (SSSR count).